The molecule has 0 aliphatic carbocycles. The van der Waals surface area contributed by atoms with Crippen molar-refractivity contribution in [1.82, 2.24) is 10.2 Å². The first kappa shape index (κ1) is 19.1. The van der Waals surface area contributed by atoms with E-state index in [1.54, 1.807) is 12.1 Å². The Bertz CT molecular complexity index is 727. The lowest BCUT2D eigenvalue weighted by atomic mass is 10.2. The molecule has 0 radical (unpaired) electrons. The molecular formula is C20H27N5O. The van der Waals surface area contributed by atoms with E-state index in [0.717, 1.165) is 36.6 Å². The molecule has 138 valence electrons. The number of nitrogens with one attached hydrogen (secondary N) is 3. The fourth-order valence-electron chi connectivity index (χ4n) is 2.38. The van der Waals surface area contributed by atoms with Crippen molar-refractivity contribution in [2.75, 3.05) is 36.5 Å². The molecule has 26 heavy (non-hydrogen) atoms. The summed E-state index contributed by atoms with van der Waals surface area (Å²) in [6.45, 7) is 5.57. The summed E-state index contributed by atoms with van der Waals surface area (Å²) in [6.07, 6.45) is 6.64. The number of nitrogens with zero attached hydrogens (tertiary/aromatic N) is 1. The monoisotopic (exact) mass is 353 g/mol. The van der Waals surface area contributed by atoms with Crippen molar-refractivity contribution in [1.29, 1.82) is 0 Å². The number of nitrogen functional groups attached to an aromatic ring is 1. The van der Waals surface area contributed by atoms with Gasteiger partial charge in [0.05, 0.1) is 11.4 Å². The van der Waals surface area contributed by atoms with Gasteiger partial charge in [-0.2, -0.15) is 0 Å². The van der Waals surface area contributed by atoms with Crippen molar-refractivity contribution < 1.29 is 5.11 Å². The summed E-state index contributed by atoms with van der Waals surface area (Å²) in [5, 5.41) is 19.0. The van der Waals surface area contributed by atoms with Crippen molar-refractivity contribution in [3.05, 3.63) is 67.6 Å². The van der Waals surface area contributed by atoms with Crippen LogP contribution in [0.4, 0.5) is 22.7 Å². The first-order valence-corrected chi connectivity index (χ1v) is 8.54. The molecule has 0 aliphatic heterocycles. The van der Waals surface area contributed by atoms with Gasteiger partial charge >= 0.3 is 0 Å². The van der Waals surface area contributed by atoms with Crippen molar-refractivity contribution >= 4 is 22.7 Å². The van der Waals surface area contributed by atoms with E-state index in [-0.39, 0.29) is 5.75 Å². The molecule has 0 aromatic heterocycles. The normalized spacial score (nSPS) is 10.5. The van der Waals surface area contributed by atoms with Gasteiger partial charge < -0.3 is 31.7 Å². The Morgan fingerprint density at radius 3 is 2.54 bits per heavy atom. The number of hydrogen-bond donors (Lipinski definition) is 5. The third kappa shape index (κ3) is 5.98. The van der Waals surface area contributed by atoms with E-state index < -0.39 is 0 Å². The summed E-state index contributed by atoms with van der Waals surface area (Å²) in [4.78, 5) is 2.03. The molecular weight excluding hydrogens is 326 g/mol. The Morgan fingerprint density at radius 1 is 1.15 bits per heavy atom. The van der Waals surface area contributed by atoms with Crippen LogP contribution in [0.1, 0.15) is 6.42 Å². The number of phenols is 1. The number of nitrogens with two attached hydrogens (primary N) is 1. The molecule has 6 heteroatoms. The van der Waals surface area contributed by atoms with Crippen molar-refractivity contribution in [2.24, 2.45) is 0 Å². The average Bonchev–Trinajstić information content (AvgIpc) is 2.64. The molecule has 6 N–H and O–H groups in total. The minimum Gasteiger partial charge on any atom is -0.508 e. The van der Waals surface area contributed by atoms with Crippen LogP contribution in [-0.4, -0.2) is 30.1 Å². The quantitative estimate of drug-likeness (QED) is 0.255. The second-order valence-electron chi connectivity index (χ2n) is 5.78. The minimum atomic E-state index is 0.157. The van der Waals surface area contributed by atoms with E-state index in [0.29, 0.717) is 5.69 Å². The summed E-state index contributed by atoms with van der Waals surface area (Å²) < 4.78 is 0. The molecule has 0 unspecified atom stereocenters. The molecule has 0 saturated heterocycles. The first-order valence-electron chi connectivity index (χ1n) is 8.54. The van der Waals surface area contributed by atoms with Gasteiger partial charge in [-0.1, -0.05) is 6.58 Å². The average molecular weight is 353 g/mol. The predicted octanol–water partition coefficient (Wildman–Crippen LogP) is 3.66. The van der Waals surface area contributed by atoms with Gasteiger partial charge in [-0.15, -0.1) is 0 Å². The van der Waals surface area contributed by atoms with Crippen molar-refractivity contribution in [3.8, 4) is 5.75 Å². The number of rotatable bonds is 10. The summed E-state index contributed by atoms with van der Waals surface area (Å²) in [5.41, 5.74) is 9.16. The van der Waals surface area contributed by atoms with E-state index in [1.807, 2.05) is 54.8 Å². The van der Waals surface area contributed by atoms with Gasteiger partial charge in [0.25, 0.3) is 0 Å². The highest BCUT2D eigenvalue weighted by atomic mass is 16.3. The predicted molar refractivity (Wildman–Crippen MR) is 110 cm³/mol. The van der Waals surface area contributed by atoms with Crippen LogP contribution in [0.5, 0.6) is 5.75 Å². The van der Waals surface area contributed by atoms with Crippen LogP contribution in [0.2, 0.25) is 0 Å². The molecule has 0 bridgehead atoms. The lowest BCUT2D eigenvalue weighted by molar-refractivity contribution is 0.476. The van der Waals surface area contributed by atoms with Gasteiger partial charge in [0.2, 0.25) is 0 Å². The third-order valence-electron chi connectivity index (χ3n) is 3.79. The minimum absolute atomic E-state index is 0.157. The molecule has 2 aromatic carbocycles. The van der Waals surface area contributed by atoms with Crippen LogP contribution in [0, 0.1) is 0 Å². The fourth-order valence-corrected chi connectivity index (χ4v) is 2.38. The van der Waals surface area contributed by atoms with Gasteiger partial charge in [-0.25, -0.2) is 0 Å². The van der Waals surface area contributed by atoms with Crippen LogP contribution in [0.25, 0.3) is 0 Å². The number of benzene rings is 2. The first-order chi connectivity index (χ1) is 12.6. The van der Waals surface area contributed by atoms with Crippen LogP contribution in [0.3, 0.4) is 0 Å². The summed E-state index contributed by atoms with van der Waals surface area (Å²) in [7, 11) is 1.87. The second-order valence-corrected chi connectivity index (χ2v) is 5.78. The van der Waals surface area contributed by atoms with Crippen molar-refractivity contribution in [2.45, 2.75) is 6.42 Å². The Balaban J connectivity index is 1.80. The van der Waals surface area contributed by atoms with E-state index in [9.17, 15) is 5.11 Å². The molecule has 0 saturated carbocycles. The fraction of sp³-hybridized carbons (Fsp3) is 0.200. The number of hydrogen-bond acceptors (Lipinski definition) is 6. The maximum Gasteiger partial charge on any atom is 0.117 e. The van der Waals surface area contributed by atoms with Gasteiger partial charge in [-0.3, -0.25) is 0 Å². The second kappa shape index (κ2) is 9.88. The van der Waals surface area contributed by atoms with Crippen LogP contribution < -0.4 is 21.7 Å². The van der Waals surface area contributed by atoms with E-state index >= 15 is 0 Å². The summed E-state index contributed by atoms with van der Waals surface area (Å²) >= 11 is 0. The highest BCUT2D eigenvalue weighted by molar-refractivity contribution is 5.74. The molecule has 0 atom stereocenters. The lowest BCUT2D eigenvalue weighted by Gasteiger charge is -2.15. The van der Waals surface area contributed by atoms with Gasteiger partial charge in [0, 0.05) is 50.0 Å². The van der Waals surface area contributed by atoms with Gasteiger partial charge in [0.1, 0.15) is 5.75 Å². The SMILES string of the molecule is C=CN(/C=C\NC)CCCNc1ccc(Nc2ccc(O)cc2N)cc1. The lowest BCUT2D eigenvalue weighted by Crippen LogP contribution is -2.15. The van der Waals surface area contributed by atoms with E-state index in [4.69, 9.17) is 5.73 Å². The van der Waals surface area contributed by atoms with Gasteiger partial charge in [0.15, 0.2) is 0 Å². The molecule has 0 heterocycles. The molecule has 2 rings (SSSR count). The smallest absolute Gasteiger partial charge is 0.117 e. The Kier molecular flexibility index (Phi) is 7.24. The zero-order valence-electron chi connectivity index (χ0n) is 15.1. The summed E-state index contributed by atoms with van der Waals surface area (Å²) in [6, 6.07) is 12.9. The highest BCUT2D eigenvalue weighted by Crippen LogP contribution is 2.27. The van der Waals surface area contributed by atoms with E-state index in [1.165, 1.54) is 6.07 Å². The van der Waals surface area contributed by atoms with E-state index in [2.05, 4.69) is 22.5 Å². The molecule has 2 aromatic rings. The Hall–Kier alpha value is -3.28. The molecule has 0 aliphatic rings. The Labute approximate surface area is 155 Å². The van der Waals surface area contributed by atoms with Crippen molar-refractivity contribution in [3.63, 3.8) is 0 Å². The number of phenolic OH excluding ortho intramolecular Hbond substituents is 1. The third-order valence-corrected chi connectivity index (χ3v) is 3.79. The van der Waals surface area contributed by atoms with Crippen LogP contribution in [0.15, 0.2) is 67.6 Å². The number of aromatic hydroxyl groups is 1. The van der Waals surface area contributed by atoms with Crippen LogP contribution >= 0.6 is 0 Å². The molecule has 0 spiro atoms. The van der Waals surface area contributed by atoms with Crippen LogP contribution in [-0.2, 0) is 0 Å². The zero-order valence-corrected chi connectivity index (χ0v) is 15.1. The number of anilines is 4. The largest absolute Gasteiger partial charge is 0.508 e. The molecule has 0 amide bonds. The molecule has 0 fully saturated rings. The standard InChI is InChI=1S/C20H27N5O/c1-3-25(14-12-22-2)13-4-11-23-16-5-7-17(8-6-16)24-20-10-9-18(26)15-19(20)21/h3,5-10,12,14-15,22-24,26H,1,4,11,13,21H2,2H3/b14-12-. The maximum absolute atomic E-state index is 9.40. The zero-order chi connectivity index (χ0) is 18.8. The topological polar surface area (TPSA) is 85.6 Å². The maximum atomic E-state index is 9.40. The van der Waals surface area contributed by atoms with Gasteiger partial charge in [-0.05, 0) is 49.0 Å². The Morgan fingerprint density at radius 2 is 1.88 bits per heavy atom. The highest BCUT2D eigenvalue weighted by Gasteiger charge is 2.01. The molecule has 6 nitrogen and oxygen atoms in total. The summed E-state index contributed by atoms with van der Waals surface area (Å²) in [5.74, 6) is 0.157.